The molecule has 0 radical (unpaired) electrons. The highest BCUT2D eigenvalue weighted by molar-refractivity contribution is 9.10. The lowest BCUT2D eigenvalue weighted by molar-refractivity contribution is -0.118. The van der Waals surface area contributed by atoms with Crippen LogP contribution in [-0.2, 0) is 4.79 Å². The molecule has 1 amide bonds. The van der Waals surface area contributed by atoms with Crippen LogP contribution in [0.5, 0.6) is 11.5 Å². The van der Waals surface area contributed by atoms with Crippen molar-refractivity contribution in [2.24, 2.45) is 5.10 Å². The van der Waals surface area contributed by atoms with Gasteiger partial charge in [-0.1, -0.05) is 51.8 Å². The standard InChI is InChI=1S/C32H20Br2ClFN4O5/c1-43-25-14-18(28(34)29(35)30(25)44-16-27(41)38-23-9-5-3-7-21(23)36)15-37-40-31(39-22-8-4-2-6-20(22)32(40)42)26-13-17-12-19(33)10-11-24(17)45-26/h2-15H,16H2,1H3,(H,38,41). The summed E-state index contributed by atoms with van der Waals surface area (Å²) < 4.78 is 33.5. The first-order chi connectivity index (χ1) is 21.7. The number of nitrogens with zero attached hydrogens (tertiary/aromatic N) is 3. The maximum Gasteiger partial charge on any atom is 0.282 e. The predicted octanol–water partition coefficient (Wildman–Crippen LogP) is 8.04. The number of para-hydroxylation sites is 2. The minimum absolute atomic E-state index is 0.0187. The van der Waals surface area contributed by atoms with E-state index in [1.165, 1.54) is 31.5 Å². The number of halogens is 4. The van der Waals surface area contributed by atoms with Gasteiger partial charge in [0.2, 0.25) is 5.82 Å². The lowest BCUT2D eigenvalue weighted by atomic mass is 10.2. The van der Waals surface area contributed by atoms with Crippen LogP contribution in [0.4, 0.5) is 10.1 Å². The van der Waals surface area contributed by atoms with Crippen LogP contribution in [0.1, 0.15) is 5.56 Å². The third-order valence-electron chi connectivity index (χ3n) is 6.64. The zero-order chi connectivity index (χ0) is 31.7. The predicted molar refractivity (Wildman–Crippen MR) is 178 cm³/mol. The second-order valence-electron chi connectivity index (χ2n) is 9.55. The SMILES string of the molecule is COc1cc(C=Nn2c(-c3cc4cc(Br)ccc4o3)nc3ccccc3c2=O)c(Br)c(Cl)c1OCC(=O)Nc1ccccc1F. The smallest absolute Gasteiger partial charge is 0.282 e. The Morgan fingerprint density at radius 1 is 1.11 bits per heavy atom. The molecule has 0 fully saturated rings. The summed E-state index contributed by atoms with van der Waals surface area (Å²) in [5, 5.41) is 8.20. The molecule has 6 aromatic rings. The Kier molecular flexibility index (Phi) is 8.70. The van der Waals surface area contributed by atoms with Crippen LogP contribution in [0, 0.1) is 5.82 Å². The number of aromatic nitrogens is 2. The van der Waals surface area contributed by atoms with Crippen LogP contribution < -0.4 is 20.3 Å². The molecule has 45 heavy (non-hydrogen) atoms. The molecule has 6 rings (SSSR count). The summed E-state index contributed by atoms with van der Waals surface area (Å²) in [5.74, 6) is -0.382. The molecular weight excluding hydrogens is 735 g/mol. The molecule has 0 aliphatic heterocycles. The van der Waals surface area contributed by atoms with Gasteiger partial charge in [-0.15, -0.1) is 0 Å². The molecule has 2 heterocycles. The van der Waals surface area contributed by atoms with E-state index in [1.807, 2.05) is 18.2 Å². The van der Waals surface area contributed by atoms with Gasteiger partial charge in [-0.2, -0.15) is 9.78 Å². The number of amides is 1. The quantitative estimate of drug-likeness (QED) is 0.158. The third-order valence-corrected chi connectivity index (χ3v) is 8.57. The topological polar surface area (TPSA) is 108 Å². The van der Waals surface area contributed by atoms with Gasteiger partial charge >= 0.3 is 0 Å². The number of anilines is 1. The first kappa shape index (κ1) is 30.5. The van der Waals surface area contributed by atoms with Gasteiger partial charge in [0.15, 0.2) is 23.9 Å². The monoisotopic (exact) mass is 752 g/mol. The number of benzene rings is 4. The molecule has 13 heteroatoms. The van der Waals surface area contributed by atoms with Crippen LogP contribution in [-0.4, -0.2) is 35.5 Å². The summed E-state index contributed by atoms with van der Waals surface area (Å²) >= 11 is 13.5. The largest absolute Gasteiger partial charge is 0.493 e. The molecule has 0 aliphatic carbocycles. The van der Waals surface area contributed by atoms with Gasteiger partial charge in [-0.25, -0.2) is 9.37 Å². The van der Waals surface area contributed by atoms with Crippen LogP contribution in [0.2, 0.25) is 5.02 Å². The summed E-state index contributed by atoms with van der Waals surface area (Å²) in [6, 6.07) is 21.6. The molecule has 0 bridgehead atoms. The molecule has 9 nitrogen and oxygen atoms in total. The van der Waals surface area contributed by atoms with Crippen molar-refractivity contribution < 1.29 is 23.1 Å². The van der Waals surface area contributed by atoms with Crippen molar-refractivity contribution >= 4 is 83.1 Å². The van der Waals surface area contributed by atoms with Crippen LogP contribution >= 0.6 is 43.5 Å². The van der Waals surface area contributed by atoms with Crippen molar-refractivity contribution in [3.8, 4) is 23.1 Å². The number of carbonyl (C=O) groups is 1. The zero-order valence-electron chi connectivity index (χ0n) is 23.2. The molecule has 0 unspecified atom stereocenters. The number of hydrogen-bond acceptors (Lipinski definition) is 7. The molecule has 0 aliphatic rings. The fourth-order valence-corrected chi connectivity index (χ4v) is 5.54. The number of hydrogen-bond donors (Lipinski definition) is 1. The second-order valence-corrected chi connectivity index (χ2v) is 11.6. The number of carbonyl (C=O) groups excluding carboxylic acids is 1. The van der Waals surface area contributed by atoms with Crippen molar-refractivity contribution in [3.63, 3.8) is 0 Å². The maximum atomic E-state index is 13.9. The number of rotatable bonds is 8. The summed E-state index contributed by atoms with van der Waals surface area (Å²) in [4.78, 5) is 30.8. The molecule has 0 atom stereocenters. The van der Waals surface area contributed by atoms with Crippen LogP contribution in [0.3, 0.4) is 0 Å². The molecule has 0 spiro atoms. The van der Waals surface area contributed by atoms with E-state index in [4.69, 9.17) is 30.5 Å². The minimum atomic E-state index is -0.603. The third kappa shape index (κ3) is 6.21. The Bertz CT molecular complexity index is 2200. The fourth-order valence-electron chi connectivity index (χ4n) is 4.51. The van der Waals surface area contributed by atoms with Gasteiger partial charge in [-0.3, -0.25) is 9.59 Å². The summed E-state index contributed by atoms with van der Waals surface area (Å²) in [7, 11) is 1.41. The number of fused-ring (bicyclic) bond motifs is 2. The van der Waals surface area contributed by atoms with Crippen molar-refractivity contribution in [3.05, 3.63) is 115 Å². The van der Waals surface area contributed by atoms with Gasteiger partial charge in [-0.05, 0) is 70.5 Å². The van der Waals surface area contributed by atoms with E-state index in [0.717, 1.165) is 14.5 Å². The molecule has 4 aromatic carbocycles. The normalized spacial score (nSPS) is 11.4. The number of furan rings is 1. The van der Waals surface area contributed by atoms with Gasteiger partial charge in [0, 0.05) is 19.9 Å². The second kappa shape index (κ2) is 12.8. The Balaban J connectivity index is 1.35. The van der Waals surface area contributed by atoms with Crippen LogP contribution in [0.25, 0.3) is 33.5 Å². The molecule has 2 aromatic heterocycles. The summed E-state index contributed by atoms with van der Waals surface area (Å²) in [5.41, 5.74) is 1.13. The lowest BCUT2D eigenvalue weighted by Crippen LogP contribution is -2.21. The average Bonchev–Trinajstić information content (AvgIpc) is 3.46. The van der Waals surface area contributed by atoms with E-state index in [0.29, 0.717) is 32.3 Å². The summed E-state index contributed by atoms with van der Waals surface area (Å²) in [6.45, 7) is -0.472. The molecule has 1 N–H and O–H groups in total. The summed E-state index contributed by atoms with van der Waals surface area (Å²) in [6.07, 6.45) is 1.41. The van der Waals surface area contributed by atoms with Crippen molar-refractivity contribution in [2.45, 2.75) is 0 Å². The van der Waals surface area contributed by atoms with E-state index in [-0.39, 0.29) is 28.0 Å². The van der Waals surface area contributed by atoms with Gasteiger partial charge in [0.05, 0.1) is 29.9 Å². The molecule has 0 saturated carbocycles. The Morgan fingerprint density at radius 3 is 2.69 bits per heavy atom. The van der Waals surface area contributed by atoms with Crippen LogP contribution in [0.15, 0.2) is 102 Å². The zero-order valence-corrected chi connectivity index (χ0v) is 27.1. The highest BCUT2D eigenvalue weighted by Crippen LogP contribution is 2.42. The first-order valence-corrected chi connectivity index (χ1v) is 15.2. The highest BCUT2D eigenvalue weighted by Gasteiger charge is 2.20. The van der Waals surface area contributed by atoms with E-state index < -0.39 is 23.9 Å². The lowest BCUT2D eigenvalue weighted by Gasteiger charge is -2.15. The van der Waals surface area contributed by atoms with Gasteiger partial charge in [0.1, 0.15) is 16.4 Å². The Morgan fingerprint density at radius 2 is 1.89 bits per heavy atom. The van der Waals surface area contributed by atoms with Gasteiger partial charge < -0.3 is 19.2 Å². The minimum Gasteiger partial charge on any atom is -0.493 e. The highest BCUT2D eigenvalue weighted by atomic mass is 79.9. The van der Waals surface area contributed by atoms with E-state index >= 15 is 0 Å². The van der Waals surface area contributed by atoms with E-state index in [1.54, 1.807) is 42.5 Å². The maximum absolute atomic E-state index is 13.9. The molecular formula is C32H20Br2ClFN4O5. The Labute approximate surface area is 276 Å². The van der Waals surface area contributed by atoms with Gasteiger partial charge in [0.25, 0.3) is 11.5 Å². The average molecular weight is 755 g/mol. The Hall–Kier alpha value is -4.52. The number of nitrogens with one attached hydrogen (secondary N) is 1. The molecule has 0 saturated heterocycles. The van der Waals surface area contributed by atoms with Crippen molar-refractivity contribution in [1.82, 2.24) is 9.66 Å². The van der Waals surface area contributed by atoms with E-state index in [2.05, 4.69) is 42.3 Å². The number of methoxy groups -OCH3 is 1. The molecule has 226 valence electrons. The van der Waals surface area contributed by atoms with Crippen molar-refractivity contribution in [1.29, 1.82) is 0 Å². The van der Waals surface area contributed by atoms with E-state index in [9.17, 15) is 14.0 Å². The van der Waals surface area contributed by atoms with Crippen molar-refractivity contribution in [2.75, 3.05) is 19.0 Å². The fraction of sp³-hybridized carbons (Fsp3) is 0.0625. The number of ether oxygens (including phenoxy) is 2. The first-order valence-electron chi connectivity index (χ1n) is 13.2.